The first-order valence-corrected chi connectivity index (χ1v) is 8.05. The first-order chi connectivity index (χ1) is 9.58. The van der Waals surface area contributed by atoms with Gasteiger partial charge in [-0.15, -0.1) is 23.1 Å². The average Bonchev–Trinajstić information content (AvgIpc) is 2.87. The van der Waals surface area contributed by atoms with Crippen molar-refractivity contribution in [2.45, 2.75) is 23.5 Å². The van der Waals surface area contributed by atoms with Crippen LogP contribution in [0.1, 0.15) is 39.2 Å². The molecule has 5 heteroatoms. The zero-order chi connectivity index (χ0) is 14.3. The van der Waals surface area contributed by atoms with E-state index in [9.17, 15) is 9.59 Å². The molecule has 0 saturated heterocycles. The van der Waals surface area contributed by atoms with E-state index in [2.05, 4.69) is 0 Å². The molecule has 1 atom stereocenters. The molecule has 0 spiro atoms. The van der Waals surface area contributed by atoms with Gasteiger partial charge in [-0.1, -0.05) is 6.07 Å². The normalized spacial score (nSPS) is 15.2. The number of carbonyl (C=O) groups excluding carboxylic acids is 1. The number of thioether (sulfide) groups is 1. The van der Waals surface area contributed by atoms with Crippen molar-refractivity contribution < 1.29 is 14.7 Å². The number of rotatable bonds is 2. The number of carbonyl (C=O) groups is 2. The van der Waals surface area contributed by atoms with Gasteiger partial charge >= 0.3 is 5.97 Å². The molecule has 0 fully saturated rings. The van der Waals surface area contributed by atoms with E-state index in [0.717, 1.165) is 26.7 Å². The fraction of sp³-hybridized carbons (Fsp3) is 0.200. The quantitative estimate of drug-likeness (QED) is 0.917. The van der Waals surface area contributed by atoms with Gasteiger partial charge in [-0.25, -0.2) is 0 Å². The molecule has 2 heterocycles. The fourth-order valence-corrected chi connectivity index (χ4v) is 4.28. The Kier molecular flexibility index (Phi) is 3.40. The number of hydrogen-bond acceptors (Lipinski definition) is 4. The number of aliphatic carboxylic acids is 1. The molecule has 0 radical (unpaired) electrons. The van der Waals surface area contributed by atoms with Crippen LogP contribution in [0.5, 0.6) is 0 Å². The highest BCUT2D eigenvalue weighted by Crippen LogP contribution is 2.37. The lowest BCUT2D eigenvalue weighted by Gasteiger charge is -2.10. The van der Waals surface area contributed by atoms with Gasteiger partial charge in [0.2, 0.25) is 0 Å². The molecule has 1 N–H and O–H groups in total. The van der Waals surface area contributed by atoms with Crippen molar-refractivity contribution in [2.75, 3.05) is 0 Å². The molecule has 1 aliphatic heterocycles. The Balaban J connectivity index is 2.05. The molecule has 3 rings (SSSR count). The number of benzene rings is 1. The highest BCUT2D eigenvalue weighted by atomic mass is 32.2. The number of carboxylic acids is 1. The van der Waals surface area contributed by atoms with Crippen molar-refractivity contribution >= 4 is 34.9 Å². The molecule has 0 aliphatic carbocycles. The monoisotopic (exact) mass is 304 g/mol. The van der Waals surface area contributed by atoms with E-state index >= 15 is 0 Å². The minimum atomic E-state index is -0.853. The summed E-state index contributed by atoms with van der Waals surface area (Å²) in [7, 11) is 0. The Morgan fingerprint density at radius 1 is 1.30 bits per heavy atom. The fourth-order valence-electron chi connectivity index (χ4n) is 2.20. The van der Waals surface area contributed by atoms with Gasteiger partial charge in [0.25, 0.3) is 0 Å². The van der Waals surface area contributed by atoms with E-state index in [1.54, 1.807) is 42.2 Å². The maximum absolute atomic E-state index is 12.5. The third kappa shape index (κ3) is 2.17. The lowest BCUT2D eigenvalue weighted by molar-refractivity contribution is -0.138. The SMILES string of the molecule is C[C@@H](C(=O)O)c1ccc2c(c1)SCc1sccc1C2=O. The molecule has 1 aliphatic rings. The smallest absolute Gasteiger partial charge is 0.310 e. The summed E-state index contributed by atoms with van der Waals surface area (Å²) in [5.74, 6) is -0.616. The summed E-state index contributed by atoms with van der Waals surface area (Å²) in [6.45, 7) is 1.66. The second-order valence-corrected chi connectivity index (χ2v) is 6.71. The lowest BCUT2D eigenvalue weighted by atomic mass is 9.97. The van der Waals surface area contributed by atoms with Crippen molar-refractivity contribution in [3.63, 3.8) is 0 Å². The van der Waals surface area contributed by atoms with Gasteiger partial charge < -0.3 is 5.11 Å². The molecule has 0 saturated carbocycles. The zero-order valence-corrected chi connectivity index (χ0v) is 12.4. The standard InChI is InChI=1S/C15H12O3S2/c1-8(15(17)18)9-2-3-10-12(6-9)20-7-13-11(14(10)16)4-5-19-13/h2-6,8H,7H2,1H3,(H,17,18)/t8-/m1/s1. The first kappa shape index (κ1) is 13.4. The third-order valence-corrected chi connectivity index (χ3v) is 5.65. The van der Waals surface area contributed by atoms with E-state index in [0.29, 0.717) is 5.56 Å². The Hall–Kier alpha value is -1.59. The molecule has 1 aromatic carbocycles. The largest absolute Gasteiger partial charge is 0.481 e. The van der Waals surface area contributed by atoms with Crippen LogP contribution in [0.15, 0.2) is 34.5 Å². The summed E-state index contributed by atoms with van der Waals surface area (Å²) in [4.78, 5) is 25.5. The maximum atomic E-state index is 12.5. The minimum absolute atomic E-state index is 0.0378. The van der Waals surface area contributed by atoms with Gasteiger partial charge in [0.1, 0.15) is 0 Å². The highest BCUT2D eigenvalue weighted by molar-refractivity contribution is 7.98. The summed E-state index contributed by atoms with van der Waals surface area (Å²) in [6.07, 6.45) is 0. The second kappa shape index (κ2) is 5.07. The van der Waals surface area contributed by atoms with Crippen LogP contribution < -0.4 is 0 Å². The Bertz CT molecular complexity index is 703. The summed E-state index contributed by atoms with van der Waals surface area (Å²) in [6, 6.07) is 7.21. The van der Waals surface area contributed by atoms with E-state index in [-0.39, 0.29) is 5.78 Å². The van der Waals surface area contributed by atoms with E-state index < -0.39 is 11.9 Å². The molecule has 0 unspecified atom stereocenters. The summed E-state index contributed by atoms with van der Waals surface area (Å²) < 4.78 is 0. The Morgan fingerprint density at radius 3 is 2.85 bits per heavy atom. The van der Waals surface area contributed by atoms with Crippen molar-refractivity contribution in [3.8, 4) is 0 Å². The van der Waals surface area contributed by atoms with Crippen LogP contribution in [-0.2, 0) is 10.5 Å². The minimum Gasteiger partial charge on any atom is -0.481 e. The number of carboxylic acid groups (broad SMARTS) is 1. The van der Waals surface area contributed by atoms with Crippen LogP contribution >= 0.6 is 23.1 Å². The molecule has 102 valence electrons. The van der Waals surface area contributed by atoms with Crippen molar-refractivity contribution in [3.05, 3.63) is 51.2 Å². The summed E-state index contributed by atoms with van der Waals surface area (Å²) in [5.41, 5.74) is 2.19. The van der Waals surface area contributed by atoms with Gasteiger partial charge in [0, 0.05) is 26.7 Å². The van der Waals surface area contributed by atoms with Gasteiger partial charge in [-0.3, -0.25) is 9.59 Å². The van der Waals surface area contributed by atoms with Crippen LogP contribution in [0.4, 0.5) is 0 Å². The average molecular weight is 304 g/mol. The number of hydrogen-bond donors (Lipinski definition) is 1. The molecule has 1 aromatic heterocycles. The lowest BCUT2D eigenvalue weighted by Crippen LogP contribution is -2.08. The van der Waals surface area contributed by atoms with Gasteiger partial charge in [0.05, 0.1) is 5.92 Å². The molecule has 3 nitrogen and oxygen atoms in total. The number of ketones is 1. The summed E-state index contributed by atoms with van der Waals surface area (Å²) in [5, 5.41) is 11.0. The molecule has 0 amide bonds. The molecular formula is C15H12O3S2. The zero-order valence-electron chi connectivity index (χ0n) is 10.8. The summed E-state index contributed by atoms with van der Waals surface area (Å²) >= 11 is 3.19. The van der Waals surface area contributed by atoms with Gasteiger partial charge in [0.15, 0.2) is 5.78 Å². The maximum Gasteiger partial charge on any atom is 0.310 e. The molecular weight excluding hydrogens is 292 g/mol. The van der Waals surface area contributed by atoms with Crippen LogP contribution in [0.25, 0.3) is 0 Å². The van der Waals surface area contributed by atoms with Crippen molar-refractivity contribution in [2.24, 2.45) is 0 Å². The van der Waals surface area contributed by atoms with Gasteiger partial charge in [-0.2, -0.15) is 0 Å². The van der Waals surface area contributed by atoms with E-state index in [1.165, 1.54) is 0 Å². The van der Waals surface area contributed by atoms with Crippen molar-refractivity contribution in [1.82, 2.24) is 0 Å². The van der Waals surface area contributed by atoms with Crippen LogP contribution in [0, 0.1) is 0 Å². The van der Waals surface area contributed by atoms with Crippen LogP contribution in [0.3, 0.4) is 0 Å². The second-order valence-electron chi connectivity index (χ2n) is 4.69. The predicted molar refractivity (Wildman–Crippen MR) is 79.8 cm³/mol. The number of thiophene rings is 1. The molecule has 2 aromatic rings. The van der Waals surface area contributed by atoms with Gasteiger partial charge in [-0.05, 0) is 36.1 Å². The number of fused-ring (bicyclic) bond motifs is 2. The Labute approximate surface area is 124 Å². The predicted octanol–water partition coefficient (Wildman–Crippen LogP) is 3.77. The highest BCUT2D eigenvalue weighted by Gasteiger charge is 2.24. The van der Waals surface area contributed by atoms with E-state index in [4.69, 9.17) is 5.11 Å². The van der Waals surface area contributed by atoms with E-state index in [1.807, 2.05) is 17.5 Å². The molecule has 20 heavy (non-hydrogen) atoms. The Morgan fingerprint density at radius 2 is 2.10 bits per heavy atom. The first-order valence-electron chi connectivity index (χ1n) is 6.18. The molecule has 0 bridgehead atoms. The topological polar surface area (TPSA) is 54.4 Å². The van der Waals surface area contributed by atoms with Crippen molar-refractivity contribution in [1.29, 1.82) is 0 Å². The van der Waals surface area contributed by atoms with Crippen LogP contribution in [0.2, 0.25) is 0 Å². The third-order valence-electron chi connectivity index (χ3n) is 3.47. The van der Waals surface area contributed by atoms with Crippen LogP contribution in [-0.4, -0.2) is 16.9 Å².